The largest absolute Gasteiger partial charge is 0.376 e. The number of rotatable bonds is 1. The van der Waals surface area contributed by atoms with Gasteiger partial charge in [-0.2, -0.15) is 0 Å². The molecule has 1 heterocycles. The third-order valence-corrected chi connectivity index (χ3v) is 4.60. The molecule has 4 rings (SSSR count). The zero-order valence-electron chi connectivity index (χ0n) is 19.6. The van der Waals surface area contributed by atoms with Gasteiger partial charge in [0.25, 0.3) is 0 Å². The lowest BCUT2D eigenvalue weighted by Gasteiger charge is -2.24. The minimum absolute atomic E-state index is 0.0223. The van der Waals surface area contributed by atoms with Crippen molar-refractivity contribution in [1.29, 1.82) is 0 Å². The number of fused-ring (bicyclic) bond motifs is 5. The first-order chi connectivity index (χ1) is 14.2. The van der Waals surface area contributed by atoms with E-state index in [4.69, 9.17) is 4.74 Å². The van der Waals surface area contributed by atoms with E-state index in [0.717, 1.165) is 28.9 Å². The minimum atomic E-state index is 0.0223. The predicted molar refractivity (Wildman–Crippen MR) is 124 cm³/mol. The van der Waals surface area contributed by atoms with Crippen molar-refractivity contribution in [2.24, 2.45) is 7.05 Å². The third kappa shape index (κ3) is 5.13. The average Bonchev–Trinajstić information content (AvgIpc) is 3.16. The lowest BCUT2D eigenvalue weighted by molar-refractivity contribution is 0.104. The predicted octanol–water partition coefficient (Wildman–Crippen LogP) is 6.78. The highest BCUT2D eigenvalue weighted by atomic mass is 16.5. The molecule has 4 nitrogen and oxygen atoms in total. The Balaban J connectivity index is 0.000000644. The van der Waals surface area contributed by atoms with Gasteiger partial charge in [-0.15, -0.1) is 5.10 Å². The summed E-state index contributed by atoms with van der Waals surface area (Å²) in [5, 5.41) is 8.72. The molecule has 1 atom stereocenters. The molecule has 0 aliphatic heterocycles. The summed E-state index contributed by atoms with van der Waals surface area (Å²) in [5.41, 5.74) is 7.97. The van der Waals surface area contributed by atoms with E-state index in [0.29, 0.717) is 0 Å². The van der Waals surface area contributed by atoms with Gasteiger partial charge in [-0.25, -0.2) is 4.68 Å². The second-order valence-corrected chi connectivity index (χ2v) is 6.09. The van der Waals surface area contributed by atoms with Gasteiger partial charge in [0.1, 0.15) is 5.69 Å². The van der Waals surface area contributed by atoms with Crippen LogP contribution in [0.1, 0.15) is 64.3 Å². The summed E-state index contributed by atoms with van der Waals surface area (Å²) in [4.78, 5) is 0. The summed E-state index contributed by atoms with van der Waals surface area (Å²) >= 11 is 0. The first kappa shape index (κ1) is 24.6. The van der Waals surface area contributed by atoms with Gasteiger partial charge in [-0.1, -0.05) is 94.8 Å². The molecule has 29 heavy (non-hydrogen) atoms. The highest BCUT2D eigenvalue weighted by Crippen LogP contribution is 2.41. The molecule has 1 aliphatic rings. The SMILES string of the molecule is CC.CC.CC.COC1Cc2ccccc2-c2nnn(C)c2-c2ccc(C)cc21. The van der Waals surface area contributed by atoms with Gasteiger partial charge < -0.3 is 4.74 Å². The number of ether oxygens (including phenoxy) is 1. The Morgan fingerprint density at radius 3 is 2.24 bits per heavy atom. The average molecular weight is 396 g/mol. The fraction of sp³-hybridized carbons (Fsp3) is 0.440. The molecule has 2 aromatic carbocycles. The lowest BCUT2D eigenvalue weighted by atomic mass is 9.87. The van der Waals surface area contributed by atoms with Gasteiger partial charge in [0.15, 0.2) is 0 Å². The first-order valence-electron chi connectivity index (χ1n) is 10.8. The van der Waals surface area contributed by atoms with Gasteiger partial charge in [0.05, 0.1) is 11.8 Å². The Hall–Kier alpha value is -2.46. The zero-order chi connectivity index (χ0) is 22.0. The van der Waals surface area contributed by atoms with Crippen molar-refractivity contribution in [3.63, 3.8) is 0 Å². The van der Waals surface area contributed by atoms with Crippen LogP contribution in [-0.4, -0.2) is 22.1 Å². The van der Waals surface area contributed by atoms with Gasteiger partial charge in [0, 0.05) is 31.7 Å². The Morgan fingerprint density at radius 1 is 0.931 bits per heavy atom. The number of aryl methyl sites for hydroxylation is 2. The normalized spacial score (nSPS) is 13.3. The van der Waals surface area contributed by atoms with E-state index in [9.17, 15) is 0 Å². The third-order valence-electron chi connectivity index (χ3n) is 4.60. The smallest absolute Gasteiger partial charge is 0.121 e. The van der Waals surface area contributed by atoms with Crippen LogP contribution in [0.3, 0.4) is 0 Å². The topological polar surface area (TPSA) is 39.9 Å². The molecule has 1 aliphatic carbocycles. The number of benzene rings is 2. The molecule has 158 valence electrons. The number of nitrogens with zero attached hydrogens (tertiary/aromatic N) is 3. The van der Waals surface area contributed by atoms with Crippen LogP contribution in [0.15, 0.2) is 42.5 Å². The molecule has 1 unspecified atom stereocenters. The quantitative estimate of drug-likeness (QED) is 0.456. The molecule has 0 saturated heterocycles. The van der Waals surface area contributed by atoms with Crippen molar-refractivity contribution in [1.82, 2.24) is 15.0 Å². The first-order valence-corrected chi connectivity index (χ1v) is 10.8. The van der Waals surface area contributed by atoms with E-state index in [1.54, 1.807) is 7.11 Å². The van der Waals surface area contributed by atoms with E-state index >= 15 is 0 Å². The van der Waals surface area contributed by atoms with Crippen LogP contribution in [0.4, 0.5) is 0 Å². The maximum absolute atomic E-state index is 5.85. The second kappa shape index (κ2) is 12.2. The minimum Gasteiger partial charge on any atom is -0.376 e. The van der Waals surface area contributed by atoms with Crippen molar-refractivity contribution >= 4 is 0 Å². The van der Waals surface area contributed by atoms with Gasteiger partial charge in [0.2, 0.25) is 0 Å². The summed E-state index contributed by atoms with van der Waals surface area (Å²) in [6, 6.07) is 14.9. The molecule has 1 aromatic heterocycles. The fourth-order valence-electron chi connectivity index (χ4n) is 3.45. The molecule has 4 heteroatoms. The van der Waals surface area contributed by atoms with Gasteiger partial charge in [-0.05, 0) is 18.1 Å². The van der Waals surface area contributed by atoms with Crippen LogP contribution >= 0.6 is 0 Å². The van der Waals surface area contributed by atoms with Crippen LogP contribution in [0.5, 0.6) is 0 Å². The van der Waals surface area contributed by atoms with E-state index in [2.05, 4.69) is 59.7 Å². The Labute approximate surface area is 176 Å². The molecule has 0 bridgehead atoms. The highest BCUT2D eigenvalue weighted by Gasteiger charge is 2.27. The Kier molecular flexibility index (Phi) is 10.3. The number of hydrogen-bond donors (Lipinski definition) is 0. The van der Waals surface area contributed by atoms with Crippen LogP contribution in [0, 0.1) is 6.92 Å². The van der Waals surface area contributed by atoms with E-state index in [1.807, 2.05) is 53.3 Å². The van der Waals surface area contributed by atoms with Gasteiger partial charge in [-0.3, -0.25) is 0 Å². The van der Waals surface area contributed by atoms with Crippen LogP contribution in [-0.2, 0) is 18.2 Å². The molecule has 0 amide bonds. The second-order valence-electron chi connectivity index (χ2n) is 6.09. The van der Waals surface area contributed by atoms with Crippen molar-refractivity contribution in [2.75, 3.05) is 7.11 Å². The molecular weight excluding hydrogens is 358 g/mol. The Bertz CT molecular complexity index is 884. The summed E-state index contributed by atoms with van der Waals surface area (Å²) in [6.07, 6.45) is 0.855. The molecular formula is C25H37N3O. The molecule has 0 spiro atoms. The maximum atomic E-state index is 5.85. The fourth-order valence-corrected chi connectivity index (χ4v) is 3.45. The standard InChI is InChI=1S/C19H19N3O.3C2H6/c1-12-8-9-15-16(10-12)17(23-3)11-13-6-4-5-7-14(13)18-19(15)22(2)21-20-18;3*1-2/h4-10,17H,11H2,1-3H3;3*1-2H3. The molecule has 0 N–H and O–H groups in total. The highest BCUT2D eigenvalue weighted by molar-refractivity contribution is 5.82. The Morgan fingerprint density at radius 2 is 1.59 bits per heavy atom. The summed E-state index contributed by atoms with van der Waals surface area (Å²) < 4.78 is 7.71. The van der Waals surface area contributed by atoms with Crippen LogP contribution < -0.4 is 0 Å². The van der Waals surface area contributed by atoms with Crippen molar-refractivity contribution in [3.05, 3.63) is 59.2 Å². The molecule has 0 saturated carbocycles. The zero-order valence-corrected chi connectivity index (χ0v) is 19.6. The molecule has 0 radical (unpaired) electrons. The van der Waals surface area contributed by atoms with Crippen molar-refractivity contribution in [2.45, 2.75) is 61.0 Å². The van der Waals surface area contributed by atoms with Gasteiger partial charge >= 0.3 is 0 Å². The summed E-state index contributed by atoms with van der Waals surface area (Å²) in [6.45, 7) is 14.1. The van der Waals surface area contributed by atoms with Crippen molar-refractivity contribution < 1.29 is 4.74 Å². The number of aromatic nitrogens is 3. The lowest BCUT2D eigenvalue weighted by Crippen LogP contribution is -2.11. The van der Waals surface area contributed by atoms with E-state index < -0.39 is 0 Å². The van der Waals surface area contributed by atoms with E-state index in [-0.39, 0.29) is 6.10 Å². The summed E-state index contributed by atoms with van der Waals surface area (Å²) in [5.74, 6) is 0. The van der Waals surface area contributed by atoms with E-state index in [1.165, 1.54) is 16.7 Å². The van der Waals surface area contributed by atoms with Crippen LogP contribution in [0.25, 0.3) is 22.5 Å². The maximum Gasteiger partial charge on any atom is 0.121 e. The molecule has 0 fully saturated rings. The van der Waals surface area contributed by atoms with Crippen molar-refractivity contribution in [3.8, 4) is 22.5 Å². The summed E-state index contributed by atoms with van der Waals surface area (Å²) in [7, 11) is 3.73. The molecule has 3 aromatic rings. The number of hydrogen-bond acceptors (Lipinski definition) is 3. The van der Waals surface area contributed by atoms with Crippen LogP contribution in [0.2, 0.25) is 0 Å². The number of methoxy groups -OCH3 is 1. The monoisotopic (exact) mass is 395 g/mol.